The van der Waals surface area contributed by atoms with Gasteiger partial charge in [-0.3, -0.25) is 4.79 Å². The topological polar surface area (TPSA) is 70.9 Å². The summed E-state index contributed by atoms with van der Waals surface area (Å²) in [7, 11) is 0. The quantitative estimate of drug-likeness (QED) is 0.612. The molecule has 5 nitrogen and oxygen atoms in total. The second kappa shape index (κ2) is 8.52. The molecule has 0 spiro atoms. The molecule has 2 N–H and O–H groups in total. The Morgan fingerprint density at radius 3 is 2.50 bits per heavy atom. The van der Waals surface area contributed by atoms with E-state index in [2.05, 4.69) is 43.4 Å². The summed E-state index contributed by atoms with van der Waals surface area (Å²) >= 11 is 0. The van der Waals surface area contributed by atoms with Gasteiger partial charge in [-0.05, 0) is 47.2 Å². The molecule has 2 rings (SSSR count). The molecule has 0 fully saturated rings. The van der Waals surface area contributed by atoms with Crippen molar-refractivity contribution in [2.24, 2.45) is 5.10 Å². The Morgan fingerprint density at radius 1 is 1.19 bits per heavy atom. The van der Waals surface area contributed by atoms with Gasteiger partial charge in [-0.25, -0.2) is 5.43 Å². The van der Waals surface area contributed by atoms with Crippen LogP contribution in [0.5, 0.6) is 11.5 Å². The maximum absolute atomic E-state index is 12.0. The van der Waals surface area contributed by atoms with Crippen molar-refractivity contribution in [3.63, 3.8) is 0 Å². The highest BCUT2D eigenvalue weighted by Crippen LogP contribution is 2.26. The Bertz CT molecular complexity index is 775. The summed E-state index contributed by atoms with van der Waals surface area (Å²) in [5, 5.41) is 13.6. The first-order valence-corrected chi connectivity index (χ1v) is 8.66. The first-order valence-electron chi connectivity index (χ1n) is 8.66. The highest BCUT2D eigenvalue weighted by Gasteiger charge is 2.13. The highest BCUT2D eigenvalue weighted by atomic mass is 16.5. The second-order valence-electron chi connectivity index (χ2n) is 7.08. The average molecular weight is 354 g/mol. The first kappa shape index (κ1) is 19.5. The minimum atomic E-state index is -0.187. The van der Waals surface area contributed by atoms with Crippen LogP contribution in [0.3, 0.4) is 0 Å². The van der Waals surface area contributed by atoms with Gasteiger partial charge < -0.3 is 9.84 Å². The lowest BCUT2D eigenvalue weighted by Gasteiger charge is -2.19. The van der Waals surface area contributed by atoms with E-state index in [9.17, 15) is 9.90 Å². The number of rotatable bonds is 6. The summed E-state index contributed by atoms with van der Waals surface area (Å²) in [6, 6.07) is 12.9. The Kier molecular flexibility index (Phi) is 6.39. The number of phenols is 1. The highest BCUT2D eigenvalue weighted by molar-refractivity contribution is 5.84. The summed E-state index contributed by atoms with van der Waals surface area (Å²) in [4.78, 5) is 12.0. The molecule has 0 aromatic heterocycles. The van der Waals surface area contributed by atoms with E-state index >= 15 is 0 Å². The molecule has 0 heterocycles. The van der Waals surface area contributed by atoms with Crippen LogP contribution < -0.4 is 10.2 Å². The van der Waals surface area contributed by atoms with Crippen LogP contribution >= 0.6 is 0 Å². The van der Waals surface area contributed by atoms with Crippen molar-refractivity contribution in [1.82, 2.24) is 5.43 Å². The van der Waals surface area contributed by atoms with Gasteiger partial charge in [0.1, 0.15) is 0 Å². The molecular weight excluding hydrogens is 328 g/mol. The van der Waals surface area contributed by atoms with Crippen molar-refractivity contribution in [3.8, 4) is 11.5 Å². The summed E-state index contributed by atoms with van der Waals surface area (Å²) < 4.78 is 5.32. The lowest BCUT2D eigenvalue weighted by molar-refractivity contribution is -0.120. The Labute approximate surface area is 154 Å². The van der Waals surface area contributed by atoms with Crippen LogP contribution in [0, 0.1) is 0 Å². The molecule has 5 heteroatoms. The standard InChI is InChI=1S/C21H26N2O3/c1-5-26-19-12-16(8-11-18(19)24)14-22-23-20(25)13-15-6-9-17(10-7-15)21(2,3)4/h6-12,14,24H,5,13H2,1-4H3,(H,23,25)/b22-14-. The molecule has 0 aliphatic carbocycles. The Balaban J connectivity index is 1.92. The number of hydrogen-bond acceptors (Lipinski definition) is 4. The minimum Gasteiger partial charge on any atom is -0.504 e. The first-order chi connectivity index (χ1) is 12.3. The maximum Gasteiger partial charge on any atom is 0.244 e. The molecule has 0 atom stereocenters. The number of hydrogen-bond donors (Lipinski definition) is 2. The van der Waals surface area contributed by atoms with Crippen molar-refractivity contribution < 1.29 is 14.6 Å². The molecule has 138 valence electrons. The fourth-order valence-electron chi connectivity index (χ4n) is 2.41. The van der Waals surface area contributed by atoms with E-state index in [4.69, 9.17) is 4.74 Å². The second-order valence-corrected chi connectivity index (χ2v) is 7.08. The fourth-order valence-corrected chi connectivity index (χ4v) is 2.41. The predicted molar refractivity (Wildman–Crippen MR) is 104 cm³/mol. The minimum absolute atomic E-state index is 0.0757. The van der Waals surface area contributed by atoms with E-state index in [-0.39, 0.29) is 23.5 Å². The number of hydrazone groups is 1. The van der Waals surface area contributed by atoms with Crippen LogP contribution in [0.25, 0.3) is 0 Å². The number of carbonyl (C=O) groups excluding carboxylic acids is 1. The zero-order chi connectivity index (χ0) is 19.2. The largest absolute Gasteiger partial charge is 0.504 e. The average Bonchev–Trinajstić information content (AvgIpc) is 2.57. The lowest BCUT2D eigenvalue weighted by atomic mass is 9.86. The smallest absolute Gasteiger partial charge is 0.244 e. The van der Waals surface area contributed by atoms with Gasteiger partial charge in [0.25, 0.3) is 0 Å². The number of nitrogens with zero attached hydrogens (tertiary/aromatic N) is 1. The van der Waals surface area contributed by atoms with Crippen LogP contribution in [0.1, 0.15) is 44.4 Å². The molecule has 0 saturated carbocycles. The molecule has 2 aromatic carbocycles. The van der Waals surface area contributed by atoms with Crippen LogP contribution in [0.15, 0.2) is 47.6 Å². The van der Waals surface area contributed by atoms with E-state index in [0.29, 0.717) is 12.4 Å². The number of phenolic OH excluding ortho intramolecular Hbond substituents is 1. The van der Waals surface area contributed by atoms with Gasteiger partial charge in [-0.2, -0.15) is 5.10 Å². The van der Waals surface area contributed by atoms with E-state index < -0.39 is 0 Å². The predicted octanol–water partition coefficient (Wildman–Crippen LogP) is 3.78. The molecule has 26 heavy (non-hydrogen) atoms. The van der Waals surface area contributed by atoms with Gasteiger partial charge in [0.2, 0.25) is 5.91 Å². The van der Waals surface area contributed by atoms with Gasteiger partial charge >= 0.3 is 0 Å². The van der Waals surface area contributed by atoms with Crippen molar-refractivity contribution in [3.05, 3.63) is 59.2 Å². The SMILES string of the molecule is CCOc1cc(/C=N\NC(=O)Cc2ccc(C(C)(C)C)cc2)ccc1O. The number of carbonyl (C=O) groups is 1. The van der Waals surface area contributed by atoms with Crippen LogP contribution in [-0.2, 0) is 16.6 Å². The van der Waals surface area contributed by atoms with E-state index in [0.717, 1.165) is 11.1 Å². The summed E-state index contributed by atoms with van der Waals surface area (Å²) in [6.07, 6.45) is 1.78. The summed E-state index contributed by atoms with van der Waals surface area (Å²) in [5.74, 6) is 0.280. The monoisotopic (exact) mass is 354 g/mol. The molecule has 2 aromatic rings. The number of nitrogens with one attached hydrogen (secondary N) is 1. The van der Waals surface area contributed by atoms with E-state index in [1.165, 1.54) is 17.8 Å². The zero-order valence-electron chi connectivity index (χ0n) is 15.7. The molecule has 0 bridgehead atoms. The van der Waals surface area contributed by atoms with Gasteiger partial charge in [0, 0.05) is 0 Å². The van der Waals surface area contributed by atoms with E-state index in [1.54, 1.807) is 12.1 Å². The van der Waals surface area contributed by atoms with Gasteiger partial charge in [-0.1, -0.05) is 45.0 Å². The van der Waals surface area contributed by atoms with E-state index in [1.807, 2.05) is 19.1 Å². The van der Waals surface area contributed by atoms with Crippen molar-refractivity contribution >= 4 is 12.1 Å². The number of amides is 1. The molecule has 0 unspecified atom stereocenters. The Morgan fingerprint density at radius 2 is 1.88 bits per heavy atom. The van der Waals surface area contributed by atoms with Gasteiger partial charge in [-0.15, -0.1) is 0 Å². The third-order valence-electron chi connectivity index (χ3n) is 3.87. The van der Waals surface area contributed by atoms with Crippen molar-refractivity contribution in [2.45, 2.75) is 39.5 Å². The number of ether oxygens (including phenoxy) is 1. The zero-order valence-corrected chi connectivity index (χ0v) is 15.7. The van der Waals surface area contributed by atoms with Crippen molar-refractivity contribution in [1.29, 1.82) is 0 Å². The van der Waals surface area contributed by atoms with Crippen molar-refractivity contribution in [2.75, 3.05) is 6.61 Å². The number of aromatic hydroxyl groups is 1. The van der Waals surface area contributed by atoms with Gasteiger partial charge in [0.15, 0.2) is 11.5 Å². The summed E-state index contributed by atoms with van der Waals surface area (Å²) in [5.41, 5.74) is 5.51. The lowest BCUT2D eigenvalue weighted by Crippen LogP contribution is -2.20. The molecule has 1 amide bonds. The Hall–Kier alpha value is -2.82. The van der Waals surface area contributed by atoms with Crippen LogP contribution in [0.4, 0.5) is 0 Å². The molecule has 0 aliphatic rings. The molecular formula is C21H26N2O3. The third kappa shape index (κ3) is 5.62. The molecule has 0 radical (unpaired) electrons. The normalized spacial score (nSPS) is 11.5. The number of benzene rings is 2. The van der Waals surface area contributed by atoms with Gasteiger partial charge in [0.05, 0.1) is 19.2 Å². The summed E-state index contributed by atoms with van der Waals surface area (Å²) in [6.45, 7) is 8.77. The molecule has 0 aliphatic heterocycles. The van der Waals surface area contributed by atoms with Crippen LogP contribution in [-0.4, -0.2) is 23.8 Å². The van der Waals surface area contributed by atoms with Crippen LogP contribution in [0.2, 0.25) is 0 Å². The third-order valence-corrected chi connectivity index (χ3v) is 3.87. The maximum atomic E-state index is 12.0. The molecule has 0 saturated heterocycles. The fraction of sp³-hybridized carbons (Fsp3) is 0.333.